The molecule has 24 heavy (non-hydrogen) atoms. The third-order valence-corrected chi connectivity index (χ3v) is 4.74. The predicted molar refractivity (Wildman–Crippen MR) is 73.5 cm³/mol. The van der Waals surface area contributed by atoms with Gasteiger partial charge >= 0.3 is 12.4 Å². The smallest absolute Gasteiger partial charge is 0.309 e. The molecule has 2 nitrogen and oxygen atoms in total. The highest BCUT2D eigenvalue weighted by atomic mass is 35.5. The number of rotatable bonds is 1. The number of carbonyl (C=O) groups excluding carboxylic acids is 1. The molecule has 0 unspecified atom stereocenters. The van der Waals surface area contributed by atoms with Gasteiger partial charge in [0, 0.05) is 16.5 Å². The third kappa shape index (κ3) is 2.15. The average Bonchev–Trinajstić information content (AvgIpc) is 3.04. The fourth-order valence-corrected chi connectivity index (χ4v) is 3.64. The van der Waals surface area contributed by atoms with Crippen molar-refractivity contribution in [2.24, 2.45) is 5.92 Å². The number of carbonyl (C=O) groups is 1. The maximum atomic E-state index is 13.6. The van der Waals surface area contributed by atoms with Crippen molar-refractivity contribution >= 4 is 17.5 Å². The number of hydrogen-bond acceptors (Lipinski definition) is 1. The second kappa shape index (κ2) is 5.15. The molecule has 1 aliphatic heterocycles. The van der Waals surface area contributed by atoms with Crippen LogP contribution in [0.2, 0.25) is 5.02 Å². The van der Waals surface area contributed by atoms with Gasteiger partial charge in [-0.05, 0) is 30.7 Å². The first-order valence-electron chi connectivity index (χ1n) is 6.91. The van der Waals surface area contributed by atoms with Gasteiger partial charge in [-0.25, -0.2) is 0 Å². The number of likely N-dealkylation sites (tertiary alicyclic amines) is 1. The number of amides is 1. The third-order valence-electron chi connectivity index (χ3n) is 4.48. The Morgan fingerprint density at radius 2 is 1.58 bits per heavy atom. The monoisotopic (exact) mass is 369 g/mol. The fraction of sp³-hybridized carbons (Fsp3) is 0.400. The predicted octanol–water partition coefficient (Wildman–Crippen LogP) is 4.60. The zero-order valence-corrected chi connectivity index (χ0v) is 12.6. The molecule has 130 valence electrons. The summed E-state index contributed by atoms with van der Waals surface area (Å²) in [5.41, 5.74) is -4.49. The fourth-order valence-electron chi connectivity index (χ4n) is 3.52. The lowest BCUT2D eigenvalue weighted by atomic mass is 9.83. The molecular formula is C15H10ClF6NO. The van der Waals surface area contributed by atoms with Crippen molar-refractivity contribution in [2.45, 2.75) is 30.4 Å². The Morgan fingerprint density at radius 3 is 2.08 bits per heavy atom. The van der Waals surface area contributed by atoms with Gasteiger partial charge in [0.1, 0.15) is 0 Å². The molecule has 9 heteroatoms. The zero-order valence-electron chi connectivity index (χ0n) is 11.8. The maximum Gasteiger partial charge on any atom is 0.421 e. The van der Waals surface area contributed by atoms with E-state index in [0.717, 1.165) is 18.2 Å². The molecule has 1 aliphatic carbocycles. The number of hydrogen-bond donors (Lipinski definition) is 0. The van der Waals surface area contributed by atoms with Gasteiger partial charge < -0.3 is 4.90 Å². The van der Waals surface area contributed by atoms with Gasteiger partial charge in [-0.1, -0.05) is 23.8 Å². The van der Waals surface area contributed by atoms with Crippen LogP contribution in [-0.2, 0) is 0 Å². The Hall–Kier alpha value is -1.70. The highest BCUT2D eigenvalue weighted by Gasteiger charge is 2.81. The van der Waals surface area contributed by atoms with Gasteiger partial charge in [0.2, 0.25) is 5.54 Å². The largest absolute Gasteiger partial charge is 0.421 e. The summed E-state index contributed by atoms with van der Waals surface area (Å²) in [6.45, 7) is 0. The molecule has 0 N–H and O–H groups in total. The molecule has 1 fully saturated rings. The molecule has 1 saturated heterocycles. The van der Waals surface area contributed by atoms with Gasteiger partial charge in [0.25, 0.3) is 5.91 Å². The Bertz CT molecular complexity index is 679. The second-order valence-electron chi connectivity index (χ2n) is 5.74. The van der Waals surface area contributed by atoms with Crippen LogP contribution in [0.3, 0.4) is 0 Å². The highest BCUT2D eigenvalue weighted by molar-refractivity contribution is 6.30. The van der Waals surface area contributed by atoms with E-state index in [2.05, 4.69) is 0 Å². The van der Waals surface area contributed by atoms with E-state index in [4.69, 9.17) is 11.6 Å². The van der Waals surface area contributed by atoms with Crippen LogP contribution in [0, 0.1) is 5.92 Å². The van der Waals surface area contributed by atoms with Gasteiger partial charge in [0.15, 0.2) is 0 Å². The SMILES string of the molecule is O=C(c1ccc(Cl)cc1)N1[C@H]2C=C[C@H](C2)C1(C(F)(F)F)C(F)(F)F. The first kappa shape index (κ1) is 17.1. The van der Waals surface area contributed by atoms with Crippen LogP contribution < -0.4 is 0 Å². The van der Waals surface area contributed by atoms with Crippen molar-refractivity contribution in [3.05, 3.63) is 47.0 Å². The quantitative estimate of drug-likeness (QED) is 0.523. The minimum absolute atomic E-state index is 0.0685. The molecule has 1 amide bonds. The van der Waals surface area contributed by atoms with E-state index in [1.165, 1.54) is 18.2 Å². The van der Waals surface area contributed by atoms with E-state index >= 15 is 0 Å². The Kier molecular flexibility index (Phi) is 3.67. The summed E-state index contributed by atoms with van der Waals surface area (Å²) in [6.07, 6.45) is -9.60. The minimum Gasteiger partial charge on any atom is -0.309 e. The van der Waals surface area contributed by atoms with Crippen molar-refractivity contribution in [3.8, 4) is 0 Å². The number of alkyl halides is 6. The van der Waals surface area contributed by atoms with Gasteiger partial charge in [0.05, 0.1) is 6.04 Å². The van der Waals surface area contributed by atoms with Crippen molar-refractivity contribution < 1.29 is 31.1 Å². The van der Waals surface area contributed by atoms with Crippen LogP contribution in [-0.4, -0.2) is 34.7 Å². The number of benzene rings is 1. The van der Waals surface area contributed by atoms with E-state index in [9.17, 15) is 31.1 Å². The number of nitrogens with zero attached hydrogens (tertiary/aromatic N) is 1. The van der Waals surface area contributed by atoms with Crippen LogP contribution in [0.5, 0.6) is 0 Å². The molecule has 2 atom stereocenters. The second-order valence-corrected chi connectivity index (χ2v) is 6.17. The van der Waals surface area contributed by atoms with Gasteiger partial charge in [-0.3, -0.25) is 4.79 Å². The number of fused-ring (bicyclic) bond motifs is 2. The van der Waals surface area contributed by atoms with E-state index in [1.807, 2.05) is 0 Å². The van der Waals surface area contributed by atoms with Gasteiger partial charge in [-0.15, -0.1) is 0 Å². The van der Waals surface area contributed by atoms with Crippen molar-refractivity contribution in [1.29, 1.82) is 0 Å². The molecule has 0 saturated carbocycles. The van der Waals surface area contributed by atoms with E-state index in [1.54, 1.807) is 0 Å². The number of halogens is 7. The van der Waals surface area contributed by atoms with Crippen LogP contribution in [0.15, 0.2) is 36.4 Å². The topological polar surface area (TPSA) is 20.3 Å². The molecule has 3 rings (SSSR count). The lowest BCUT2D eigenvalue weighted by molar-refractivity contribution is -0.336. The van der Waals surface area contributed by atoms with Crippen molar-refractivity contribution in [1.82, 2.24) is 4.90 Å². The van der Waals surface area contributed by atoms with Crippen LogP contribution in [0.25, 0.3) is 0 Å². The van der Waals surface area contributed by atoms with Crippen LogP contribution in [0.4, 0.5) is 26.3 Å². The summed E-state index contributed by atoms with van der Waals surface area (Å²) in [4.78, 5) is 12.4. The molecular weight excluding hydrogens is 360 g/mol. The summed E-state index contributed by atoms with van der Waals surface area (Å²) in [7, 11) is 0. The first-order chi connectivity index (χ1) is 11.0. The summed E-state index contributed by atoms with van der Waals surface area (Å²) in [6, 6.07) is 3.45. The molecule has 0 radical (unpaired) electrons. The van der Waals surface area contributed by atoms with E-state index in [0.29, 0.717) is 0 Å². The van der Waals surface area contributed by atoms with E-state index < -0.39 is 42.2 Å². The van der Waals surface area contributed by atoms with Crippen molar-refractivity contribution in [2.75, 3.05) is 0 Å². The molecule has 0 aromatic heterocycles. The summed E-state index contributed by atoms with van der Waals surface area (Å²) >= 11 is 5.64. The zero-order chi connectivity index (χ0) is 17.9. The molecule has 1 aromatic carbocycles. The Labute approximate surface area is 137 Å². The Morgan fingerprint density at radius 1 is 1.04 bits per heavy atom. The van der Waals surface area contributed by atoms with Crippen LogP contribution >= 0.6 is 11.6 Å². The molecule has 1 aromatic rings. The normalized spacial score (nSPS) is 25.4. The lowest BCUT2D eigenvalue weighted by Gasteiger charge is -2.46. The highest BCUT2D eigenvalue weighted by Crippen LogP contribution is 2.60. The summed E-state index contributed by atoms with van der Waals surface area (Å²) < 4.78 is 81.5. The van der Waals surface area contributed by atoms with Gasteiger partial charge in [-0.2, -0.15) is 26.3 Å². The molecule has 1 heterocycles. The Balaban J connectivity index is 2.15. The lowest BCUT2D eigenvalue weighted by Crippen LogP contribution is -2.70. The molecule has 2 aliphatic rings. The standard InChI is InChI=1S/C15H10ClF6NO/c16-10-4-1-8(2-5-10)12(24)23-11-6-3-9(7-11)13(23,14(17,18)19)15(20,21)22/h1-6,9,11H,7H2/t9-,11+/m1/s1. The van der Waals surface area contributed by atoms with Crippen LogP contribution in [0.1, 0.15) is 16.8 Å². The summed E-state index contributed by atoms with van der Waals surface area (Å²) in [5, 5.41) is 0.215. The van der Waals surface area contributed by atoms with E-state index in [-0.39, 0.29) is 15.5 Å². The minimum atomic E-state index is -5.66. The molecule has 0 spiro atoms. The molecule has 2 bridgehead atoms. The maximum absolute atomic E-state index is 13.6. The van der Waals surface area contributed by atoms with Crippen molar-refractivity contribution in [3.63, 3.8) is 0 Å². The first-order valence-corrected chi connectivity index (χ1v) is 7.29. The average molecular weight is 370 g/mol. The summed E-state index contributed by atoms with van der Waals surface area (Å²) in [5.74, 6) is -3.17.